The van der Waals surface area contributed by atoms with Gasteiger partial charge in [-0.3, -0.25) is 5.41 Å². The van der Waals surface area contributed by atoms with E-state index in [4.69, 9.17) is 14.6 Å². The van der Waals surface area contributed by atoms with Gasteiger partial charge in [0, 0.05) is 6.10 Å². The topological polar surface area (TPSA) is 59.4 Å². The summed E-state index contributed by atoms with van der Waals surface area (Å²) < 4.78 is 10.8. The molecule has 0 aliphatic heterocycles. The van der Waals surface area contributed by atoms with Crippen LogP contribution in [0.25, 0.3) is 0 Å². The highest BCUT2D eigenvalue weighted by Gasteiger charge is 2.25. The SMILES string of the molecule is CCOC(=O)C(=N)/C=C/[C@H](C)O[Si-](C)(C)C(C)(C)C. The Morgan fingerprint density at radius 3 is 2.32 bits per heavy atom. The number of hydrogen-bond acceptors (Lipinski definition) is 4. The number of carbonyl (C=O) groups excluding carboxylic acids is 1. The maximum Gasteiger partial charge on any atom is 0.356 e. The second-order valence-electron chi connectivity index (χ2n) is 6.08. The molecule has 0 aliphatic rings. The van der Waals surface area contributed by atoms with Crippen molar-refractivity contribution in [2.45, 2.75) is 58.9 Å². The highest BCUT2D eigenvalue weighted by Crippen LogP contribution is 2.37. The van der Waals surface area contributed by atoms with E-state index < -0.39 is 14.3 Å². The van der Waals surface area contributed by atoms with Gasteiger partial charge in [-0.1, -0.05) is 26.8 Å². The van der Waals surface area contributed by atoms with Crippen molar-refractivity contribution in [3.63, 3.8) is 0 Å². The van der Waals surface area contributed by atoms with Gasteiger partial charge in [0.1, 0.15) is 5.71 Å². The Hall–Kier alpha value is -0.943. The lowest BCUT2D eigenvalue weighted by molar-refractivity contribution is -0.135. The summed E-state index contributed by atoms with van der Waals surface area (Å²) in [7, 11) is -1.82. The standard InChI is InChI=1S/C14H27NO3Si/c1-8-17-13(16)12(15)10-9-11(2)18-19(6,7)14(3,4)5/h9-11,15H,8H2,1-7H3/q-1/b10-9+,15-12?/t11-/m0/s1. The average Bonchev–Trinajstić information content (AvgIpc) is 2.24. The van der Waals surface area contributed by atoms with E-state index in [-0.39, 0.29) is 23.5 Å². The molecule has 111 valence electrons. The van der Waals surface area contributed by atoms with Crippen LogP contribution in [0.2, 0.25) is 18.1 Å². The molecule has 0 aromatic carbocycles. The van der Waals surface area contributed by atoms with Gasteiger partial charge in [-0.15, -0.1) is 18.1 Å². The third kappa shape index (κ3) is 6.16. The Kier molecular flexibility index (Phi) is 6.66. The molecule has 0 fully saturated rings. The van der Waals surface area contributed by atoms with Gasteiger partial charge in [0.25, 0.3) is 0 Å². The number of rotatable bonds is 6. The molecule has 0 heterocycles. The summed E-state index contributed by atoms with van der Waals surface area (Å²) in [5.74, 6) is -0.599. The van der Waals surface area contributed by atoms with Crippen molar-refractivity contribution >= 4 is 20.0 Å². The van der Waals surface area contributed by atoms with E-state index in [1.165, 1.54) is 6.08 Å². The molecular formula is C14H27NO3Si-. The second kappa shape index (κ2) is 7.00. The zero-order valence-electron chi connectivity index (χ0n) is 13.2. The number of carbonyl (C=O) groups is 1. The normalized spacial score (nSPS) is 14.5. The monoisotopic (exact) mass is 285 g/mol. The van der Waals surface area contributed by atoms with Crippen LogP contribution < -0.4 is 0 Å². The van der Waals surface area contributed by atoms with Crippen molar-refractivity contribution in [1.29, 1.82) is 5.41 Å². The average molecular weight is 285 g/mol. The molecule has 0 aromatic rings. The van der Waals surface area contributed by atoms with Crippen molar-refractivity contribution in [2.24, 2.45) is 0 Å². The van der Waals surface area contributed by atoms with E-state index in [2.05, 4.69) is 33.9 Å². The Morgan fingerprint density at radius 1 is 1.37 bits per heavy atom. The van der Waals surface area contributed by atoms with E-state index in [1.807, 2.05) is 6.92 Å². The van der Waals surface area contributed by atoms with Crippen molar-refractivity contribution in [3.8, 4) is 0 Å². The van der Waals surface area contributed by atoms with Crippen LogP contribution in [0.4, 0.5) is 0 Å². The molecule has 0 radical (unpaired) electrons. The molecule has 0 aromatic heterocycles. The van der Waals surface area contributed by atoms with E-state index in [9.17, 15) is 4.79 Å². The van der Waals surface area contributed by atoms with Crippen molar-refractivity contribution in [3.05, 3.63) is 12.2 Å². The van der Waals surface area contributed by atoms with Crippen LogP contribution in [-0.2, 0) is 14.0 Å². The molecule has 0 amide bonds. The van der Waals surface area contributed by atoms with Crippen molar-refractivity contribution < 1.29 is 14.0 Å². The Balaban J connectivity index is 4.51. The van der Waals surface area contributed by atoms with Crippen molar-refractivity contribution in [1.82, 2.24) is 0 Å². The number of hydrogen-bond donors (Lipinski definition) is 1. The van der Waals surface area contributed by atoms with E-state index in [1.54, 1.807) is 13.0 Å². The van der Waals surface area contributed by atoms with Crippen LogP contribution in [-0.4, -0.2) is 32.7 Å². The summed E-state index contributed by atoms with van der Waals surface area (Å²) in [6.07, 6.45) is 3.07. The molecule has 1 atom stereocenters. The summed E-state index contributed by atoms with van der Waals surface area (Å²) in [6.45, 7) is 14.8. The lowest BCUT2D eigenvalue weighted by atomic mass is 10.2. The molecule has 0 aliphatic carbocycles. The van der Waals surface area contributed by atoms with Gasteiger partial charge < -0.3 is 9.16 Å². The largest absolute Gasteiger partial charge is 0.560 e. The van der Waals surface area contributed by atoms with Crippen LogP contribution in [0.5, 0.6) is 0 Å². The Bertz CT molecular complexity index is 356. The minimum Gasteiger partial charge on any atom is -0.560 e. The van der Waals surface area contributed by atoms with Gasteiger partial charge >= 0.3 is 5.97 Å². The van der Waals surface area contributed by atoms with E-state index in [0.29, 0.717) is 0 Å². The first-order chi connectivity index (χ1) is 8.51. The molecule has 19 heavy (non-hydrogen) atoms. The fraction of sp³-hybridized carbons (Fsp3) is 0.714. The lowest BCUT2D eigenvalue weighted by Crippen LogP contribution is -2.42. The highest BCUT2D eigenvalue weighted by molar-refractivity contribution is 6.74. The minimum atomic E-state index is -1.82. The van der Waals surface area contributed by atoms with Gasteiger partial charge in [0.2, 0.25) is 0 Å². The predicted molar refractivity (Wildman–Crippen MR) is 81.2 cm³/mol. The molecule has 4 nitrogen and oxygen atoms in total. The first-order valence-corrected chi connectivity index (χ1v) is 9.53. The zero-order valence-corrected chi connectivity index (χ0v) is 14.2. The Morgan fingerprint density at radius 2 is 1.89 bits per heavy atom. The maximum absolute atomic E-state index is 11.3. The highest BCUT2D eigenvalue weighted by atomic mass is 28.4. The third-order valence-electron chi connectivity index (χ3n) is 3.32. The molecule has 0 saturated carbocycles. The number of ether oxygens (including phenoxy) is 1. The van der Waals surface area contributed by atoms with Crippen LogP contribution in [0.15, 0.2) is 12.2 Å². The zero-order chi connectivity index (χ0) is 15.3. The predicted octanol–water partition coefficient (Wildman–Crippen LogP) is 3.54. The molecule has 0 unspecified atom stereocenters. The second-order valence-corrected chi connectivity index (χ2v) is 10.8. The van der Waals surface area contributed by atoms with Gasteiger partial charge in [-0.05, 0) is 28.2 Å². The summed E-state index contributed by atoms with van der Waals surface area (Å²) in [5.41, 5.74) is -0.146. The Labute approximate surface area is 117 Å². The molecule has 0 bridgehead atoms. The summed E-state index contributed by atoms with van der Waals surface area (Å²) in [5, 5.41) is 7.68. The molecule has 5 heteroatoms. The summed E-state index contributed by atoms with van der Waals surface area (Å²) in [4.78, 5) is 11.3. The number of nitrogens with one attached hydrogen (secondary N) is 1. The lowest BCUT2D eigenvalue weighted by Gasteiger charge is -2.50. The first-order valence-electron chi connectivity index (χ1n) is 6.63. The van der Waals surface area contributed by atoms with E-state index >= 15 is 0 Å². The van der Waals surface area contributed by atoms with Crippen LogP contribution in [0.1, 0.15) is 34.6 Å². The number of esters is 1. The van der Waals surface area contributed by atoms with Gasteiger partial charge in [0.05, 0.1) is 6.61 Å². The summed E-state index contributed by atoms with van der Waals surface area (Å²) in [6, 6.07) is 0. The van der Waals surface area contributed by atoms with Gasteiger partial charge in [-0.2, -0.15) is 0 Å². The van der Waals surface area contributed by atoms with Gasteiger partial charge in [-0.25, -0.2) is 4.79 Å². The first kappa shape index (κ1) is 18.1. The van der Waals surface area contributed by atoms with Crippen LogP contribution >= 0.6 is 0 Å². The molecular weight excluding hydrogens is 258 g/mol. The van der Waals surface area contributed by atoms with Crippen LogP contribution in [0, 0.1) is 5.41 Å². The van der Waals surface area contributed by atoms with E-state index in [0.717, 1.165) is 0 Å². The van der Waals surface area contributed by atoms with Gasteiger partial charge in [0.15, 0.2) is 0 Å². The fourth-order valence-electron chi connectivity index (χ4n) is 1.19. The third-order valence-corrected chi connectivity index (χ3v) is 7.89. The molecule has 0 rings (SSSR count). The quantitative estimate of drug-likeness (QED) is 0.461. The maximum atomic E-state index is 11.3. The van der Waals surface area contributed by atoms with Crippen LogP contribution in [0.3, 0.4) is 0 Å². The smallest absolute Gasteiger partial charge is 0.356 e. The molecule has 0 saturated heterocycles. The van der Waals surface area contributed by atoms with Crippen molar-refractivity contribution in [2.75, 3.05) is 6.61 Å². The summed E-state index contributed by atoms with van der Waals surface area (Å²) >= 11 is 0. The molecule has 0 spiro atoms. The minimum absolute atomic E-state index is 0.115. The fourth-order valence-corrected chi connectivity index (χ4v) is 2.55. The molecule has 1 N–H and O–H groups in total.